The first-order valence-corrected chi connectivity index (χ1v) is 6.06. The standard InChI is InChI=1S/C12H17ClN2/c1-8(2)3-6-12-14-10(9-4-5-9)7-11(13)15-12/h7-9H,3-6H2,1-2H3. The minimum Gasteiger partial charge on any atom is -0.238 e. The summed E-state index contributed by atoms with van der Waals surface area (Å²) in [7, 11) is 0. The average Bonchev–Trinajstić information content (AvgIpc) is 2.97. The van der Waals surface area contributed by atoms with Gasteiger partial charge in [0.2, 0.25) is 0 Å². The van der Waals surface area contributed by atoms with Crippen molar-refractivity contribution < 1.29 is 0 Å². The summed E-state index contributed by atoms with van der Waals surface area (Å²) < 4.78 is 0. The zero-order valence-corrected chi connectivity index (χ0v) is 10.1. The molecular weight excluding hydrogens is 208 g/mol. The minimum absolute atomic E-state index is 0.602. The third-order valence-corrected chi connectivity index (χ3v) is 2.90. The molecule has 0 amide bonds. The van der Waals surface area contributed by atoms with Crippen molar-refractivity contribution in [1.82, 2.24) is 9.97 Å². The van der Waals surface area contributed by atoms with Gasteiger partial charge in [0.05, 0.1) is 0 Å². The lowest BCUT2D eigenvalue weighted by Crippen LogP contribution is -2.01. The Balaban J connectivity index is 2.09. The fourth-order valence-electron chi connectivity index (χ4n) is 1.60. The van der Waals surface area contributed by atoms with Crippen LogP contribution in [0, 0.1) is 5.92 Å². The van der Waals surface area contributed by atoms with Gasteiger partial charge in [0, 0.05) is 18.0 Å². The van der Waals surface area contributed by atoms with Crippen LogP contribution in [0.2, 0.25) is 5.15 Å². The predicted molar refractivity (Wildman–Crippen MR) is 62.2 cm³/mol. The fraction of sp³-hybridized carbons (Fsp3) is 0.667. The van der Waals surface area contributed by atoms with Gasteiger partial charge in [0.1, 0.15) is 11.0 Å². The second kappa shape index (κ2) is 4.48. The summed E-state index contributed by atoms with van der Waals surface area (Å²) in [5, 5.41) is 0.602. The maximum atomic E-state index is 5.99. The molecule has 82 valence electrons. The van der Waals surface area contributed by atoms with Crippen molar-refractivity contribution in [2.24, 2.45) is 5.92 Å². The van der Waals surface area contributed by atoms with Gasteiger partial charge < -0.3 is 0 Å². The molecule has 0 bridgehead atoms. The molecule has 2 rings (SSSR count). The van der Waals surface area contributed by atoms with E-state index in [0.29, 0.717) is 17.0 Å². The van der Waals surface area contributed by atoms with Gasteiger partial charge in [0.15, 0.2) is 0 Å². The lowest BCUT2D eigenvalue weighted by Gasteiger charge is -2.05. The summed E-state index contributed by atoms with van der Waals surface area (Å²) in [6, 6.07) is 1.91. The zero-order valence-electron chi connectivity index (χ0n) is 9.33. The van der Waals surface area contributed by atoms with Crippen LogP contribution in [0.3, 0.4) is 0 Å². The molecule has 0 spiro atoms. The highest BCUT2D eigenvalue weighted by Crippen LogP contribution is 2.39. The first-order chi connectivity index (χ1) is 7.15. The van der Waals surface area contributed by atoms with Crippen molar-refractivity contribution >= 4 is 11.6 Å². The van der Waals surface area contributed by atoms with Crippen LogP contribution in [0.15, 0.2) is 6.07 Å². The molecule has 0 saturated heterocycles. The van der Waals surface area contributed by atoms with Crippen molar-refractivity contribution in [1.29, 1.82) is 0 Å². The van der Waals surface area contributed by atoms with E-state index in [2.05, 4.69) is 23.8 Å². The minimum atomic E-state index is 0.602. The van der Waals surface area contributed by atoms with Crippen LogP contribution in [0.5, 0.6) is 0 Å². The first kappa shape index (κ1) is 10.9. The smallest absolute Gasteiger partial charge is 0.133 e. The van der Waals surface area contributed by atoms with E-state index in [1.165, 1.54) is 12.8 Å². The third-order valence-electron chi connectivity index (χ3n) is 2.70. The van der Waals surface area contributed by atoms with E-state index in [0.717, 1.165) is 24.4 Å². The highest BCUT2D eigenvalue weighted by molar-refractivity contribution is 6.29. The normalized spacial score (nSPS) is 16.0. The Labute approximate surface area is 96.1 Å². The van der Waals surface area contributed by atoms with E-state index in [1.54, 1.807) is 0 Å². The number of aromatic nitrogens is 2. The number of hydrogen-bond acceptors (Lipinski definition) is 2. The number of aryl methyl sites for hydroxylation is 1. The maximum Gasteiger partial charge on any atom is 0.133 e. The summed E-state index contributed by atoms with van der Waals surface area (Å²) in [6.45, 7) is 4.43. The number of nitrogens with zero attached hydrogens (tertiary/aromatic N) is 2. The Kier molecular flexibility index (Phi) is 3.25. The Bertz CT molecular complexity index is 345. The van der Waals surface area contributed by atoms with Gasteiger partial charge >= 0.3 is 0 Å². The Hall–Kier alpha value is -0.630. The van der Waals surface area contributed by atoms with E-state index < -0.39 is 0 Å². The highest BCUT2D eigenvalue weighted by Gasteiger charge is 2.25. The van der Waals surface area contributed by atoms with Crippen molar-refractivity contribution in [2.45, 2.75) is 45.4 Å². The van der Waals surface area contributed by atoms with Gasteiger partial charge in [-0.3, -0.25) is 0 Å². The molecule has 15 heavy (non-hydrogen) atoms. The summed E-state index contributed by atoms with van der Waals surface area (Å²) in [5.41, 5.74) is 1.15. The molecule has 0 atom stereocenters. The topological polar surface area (TPSA) is 25.8 Å². The van der Waals surface area contributed by atoms with E-state index in [1.807, 2.05) is 6.07 Å². The Morgan fingerprint density at radius 2 is 2.13 bits per heavy atom. The quantitative estimate of drug-likeness (QED) is 0.731. The largest absolute Gasteiger partial charge is 0.238 e. The monoisotopic (exact) mass is 224 g/mol. The number of halogens is 1. The molecule has 3 heteroatoms. The molecule has 0 N–H and O–H groups in total. The van der Waals surface area contributed by atoms with E-state index in [-0.39, 0.29) is 0 Å². The van der Waals surface area contributed by atoms with Crippen LogP contribution < -0.4 is 0 Å². The van der Waals surface area contributed by atoms with Crippen LogP contribution in [-0.2, 0) is 6.42 Å². The van der Waals surface area contributed by atoms with Gasteiger partial charge in [0.25, 0.3) is 0 Å². The lowest BCUT2D eigenvalue weighted by molar-refractivity contribution is 0.573. The predicted octanol–water partition coefficient (Wildman–Crippen LogP) is 3.60. The number of hydrogen-bond donors (Lipinski definition) is 0. The van der Waals surface area contributed by atoms with Crippen molar-refractivity contribution in [2.75, 3.05) is 0 Å². The molecule has 0 radical (unpaired) electrons. The Morgan fingerprint density at radius 1 is 1.40 bits per heavy atom. The lowest BCUT2D eigenvalue weighted by atomic mass is 10.1. The molecule has 2 nitrogen and oxygen atoms in total. The zero-order chi connectivity index (χ0) is 10.8. The summed E-state index contributed by atoms with van der Waals surface area (Å²) in [5.74, 6) is 2.26. The number of rotatable bonds is 4. The SMILES string of the molecule is CC(C)CCc1nc(Cl)cc(C2CC2)n1. The molecule has 1 aromatic heterocycles. The van der Waals surface area contributed by atoms with Crippen molar-refractivity contribution in [3.8, 4) is 0 Å². The van der Waals surface area contributed by atoms with Gasteiger partial charge in [-0.25, -0.2) is 9.97 Å². The molecule has 0 unspecified atom stereocenters. The molecular formula is C12H17ClN2. The third kappa shape index (κ3) is 3.16. The molecule has 1 heterocycles. The van der Waals surface area contributed by atoms with Crippen molar-refractivity contribution in [3.05, 3.63) is 22.7 Å². The van der Waals surface area contributed by atoms with Crippen LogP contribution in [-0.4, -0.2) is 9.97 Å². The average molecular weight is 225 g/mol. The molecule has 0 aromatic carbocycles. The molecule has 1 aliphatic rings. The van der Waals surface area contributed by atoms with E-state index in [9.17, 15) is 0 Å². The molecule has 1 saturated carbocycles. The van der Waals surface area contributed by atoms with Crippen LogP contribution in [0.4, 0.5) is 0 Å². The van der Waals surface area contributed by atoms with Gasteiger partial charge in [-0.05, 0) is 31.2 Å². The fourth-order valence-corrected chi connectivity index (χ4v) is 1.81. The first-order valence-electron chi connectivity index (χ1n) is 5.68. The van der Waals surface area contributed by atoms with Crippen LogP contribution in [0.25, 0.3) is 0 Å². The molecule has 1 aliphatic carbocycles. The molecule has 1 fully saturated rings. The van der Waals surface area contributed by atoms with Gasteiger partial charge in [-0.15, -0.1) is 0 Å². The van der Waals surface area contributed by atoms with E-state index in [4.69, 9.17) is 11.6 Å². The van der Waals surface area contributed by atoms with Crippen LogP contribution >= 0.6 is 11.6 Å². The summed E-state index contributed by atoms with van der Waals surface area (Å²) in [4.78, 5) is 8.84. The summed E-state index contributed by atoms with van der Waals surface area (Å²) in [6.07, 6.45) is 4.59. The maximum absolute atomic E-state index is 5.99. The Morgan fingerprint density at radius 3 is 2.73 bits per heavy atom. The highest BCUT2D eigenvalue weighted by atomic mass is 35.5. The van der Waals surface area contributed by atoms with Crippen LogP contribution in [0.1, 0.15) is 50.5 Å². The second-order valence-electron chi connectivity index (χ2n) is 4.74. The molecule has 0 aliphatic heterocycles. The second-order valence-corrected chi connectivity index (χ2v) is 5.13. The summed E-state index contributed by atoms with van der Waals surface area (Å²) >= 11 is 5.99. The van der Waals surface area contributed by atoms with Gasteiger partial charge in [-0.1, -0.05) is 25.4 Å². The van der Waals surface area contributed by atoms with Crippen molar-refractivity contribution in [3.63, 3.8) is 0 Å². The van der Waals surface area contributed by atoms with E-state index >= 15 is 0 Å². The molecule has 1 aromatic rings. The van der Waals surface area contributed by atoms with Gasteiger partial charge in [-0.2, -0.15) is 0 Å².